The Morgan fingerprint density at radius 2 is 2.00 bits per heavy atom. The summed E-state index contributed by atoms with van der Waals surface area (Å²) < 4.78 is 0. The molecule has 0 radical (unpaired) electrons. The van der Waals surface area contributed by atoms with E-state index in [1.807, 2.05) is 36.5 Å². The van der Waals surface area contributed by atoms with Crippen LogP contribution in [-0.4, -0.2) is 15.0 Å². The van der Waals surface area contributed by atoms with Gasteiger partial charge in [-0.3, -0.25) is 4.98 Å². The summed E-state index contributed by atoms with van der Waals surface area (Å²) in [6.45, 7) is 0.494. The van der Waals surface area contributed by atoms with E-state index in [9.17, 15) is 0 Å². The SMILES string of the molecule is NCc1ccncc1Sc1ncnc2ccccc12. The maximum absolute atomic E-state index is 5.74. The first kappa shape index (κ1) is 12.1. The minimum atomic E-state index is 0.494. The second-order valence-electron chi connectivity index (χ2n) is 3.99. The molecule has 3 rings (SSSR count). The lowest BCUT2D eigenvalue weighted by Crippen LogP contribution is -1.98. The van der Waals surface area contributed by atoms with Crippen LogP contribution < -0.4 is 5.73 Å². The number of para-hydroxylation sites is 1. The molecule has 0 aliphatic heterocycles. The van der Waals surface area contributed by atoms with E-state index in [-0.39, 0.29) is 0 Å². The zero-order valence-electron chi connectivity index (χ0n) is 10.2. The molecule has 3 aromatic rings. The number of rotatable bonds is 3. The van der Waals surface area contributed by atoms with Gasteiger partial charge in [0, 0.05) is 29.2 Å². The smallest absolute Gasteiger partial charge is 0.117 e. The molecule has 0 saturated carbocycles. The Bertz CT molecular complexity index is 709. The summed E-state index contributed by atoms with van der Waals surface area (Å²) in [5, 5.41) is 1.97. The number of nitrogens with two attached hydrogens (primary N) is 1. The van der Waals surface area contributed by atoms with E-state index < -0.39 is 0 Å². The van der Waals surface area contributed by atoms with Gasteiger partial charge in [-0.2, -0.15) is 0 Å². The Labute approximate surface area is 115 Å². The van der Waals surface area contributed by atoms with Gasteiger partial charge >= 0.3 is 0 Å². The number of aromatic nitrogens is 3. The van der Waals surface area contributed by atoms with Crippen molar-refractivity contribution in [2.24, 2.45) is 5.73 Å². The summed E-state index contributed by atoms with van der Waals surface area (Å²) in [5.41, 5.74) is 7.76. The lowest BCUT2D eigenvalue weighted by Gasteiger charge is -2.07. The highest BCUT2D eigenvalue weighted by Gasteiger charge is 2.08. The zero-order chi connectivity index (χ0) is 13.1. The third kappa shape index (κ3) is 2.43. The summed E-state index contributed by atoms with van der Waals surface area (Å²) >= 11 is 1.57. The highest BCUT2D eigenvalue weighted by atomic mass is 32.2. The first-order valence-corrected chi connectivity index (χ1v) is 6.70. The van der Waals surface area contributed by atoms with Crippen LogP contribution >= 0.6 is 11.8 Å². The largest absolute Gasteiger partial charge is 0.326 e. The molecule has 0 spiro atoms. The van der Waals surface area contributed by atoms with Gasteiger partial charge in [-0.05, 0) is 17.7 Å². The summed E-state index contributed by atoms with van der Waals surface area (Å²) in [7, 11) is 0. The van der Waals surface area contributed by atoms with Crippen LogP contribution in [-0.2, 0) is 6.54 Å². The standard InChI is InChI=1S/C14H12N4S/c15-7-10-5-6-16-8-13(10)19-14-11-3-1-2-4-12(11)17-9-18-14/h1-6,8-9H,7,15H2. The average Bonchev–Trinajstić information content (AvgIpc) is 2.48. The van der Waals surface area contributed by atoms with Crippen molar-refractivity contribution in [1.29, 1.82) is 0 Å². The molecular formula is C14H12N4S. The van der Waals surface area contributed by atoms with Gasteiger partial charge in [0.25, 0.3) is 0 Å². The fraction of sp³-hybridized carbons (Fsp3) is 0.0714. The lowest BCUT2D eigenvalue weighted by molar-refractivity contribution is 1.00. The molecule has 1 aromatic carbocycles. The topological polar surface area (TPSA) is 64.7 Å². The molecule has 2 aromatic heterocycles. The van der Waals surface area contributed by atoms with Crippen LogP contribution in [0.4, 0.5) is 0 Å². The molecule has 0 saturated heterocycles. The van der Waals surface area contributed by atoms with Gasteiger partial charge in [-0.1, -0.05) is 30.0 Å². The van der Waals surface area contributed by atoms with Crippen LogP contribution in [0, 0.1) is 0 Å². The summed E-state index contributed by atoms with van der Waals surface area (Å²) in [5.74, 6) is 0. The molecule has 0 amide bonds. The summed E-state index contributed by atoms with van der Waals surface area (Å²) in [6, 6.07) is 9.90. The third-order valence-corrected chi connectivity index (χ3v) is 3.91. The van der Waals surface area contributed by atoms with Gasteiger partial charge < -0.3 is 5.73 Å². The maximum atomic E-state index is 5.74. The molecule has 0 aliphatic carbocycles. The second kappa shape index (κ2) is 5.34. The summed E-state index contributed by atoms with van der Waals surface area (Å²) in [6.07, 6.45) is 5.16. The normalized spacial score (nSPS) is 10.8. The van der Waals surface area contributed by atoms with Crippen LogP contribution in [0.5, 0.6) is 0 Å². The molecule has 4 nitrogen and oxygen atoms in total. The summed E-state index contributed by atoms with van der Waals surface area (Å²) in [4.78, 5) is 13.8. The Balaban J connectivity index is 2.06. The molecule has 5 heteroatoms. The first-order valence-electron chi connectivity index (χ1n) is 5.89. The molecule has 2 N–H and O–H groups in total. The van der Waals surface area contributed by atoms with Crippen molar-refractivity contribution >= 4 is 22.7 Å². The van der Waals surface area contributed by atoms with Crippen molar-refractivity contribution < 1.29 is 0 Å². The van der Waals surface area contributed by atoms with Gasteiger partial charge in [0.05, 0.1) is 5.52 Å². The van der Waals surface area contributed by atoms with Crippen LogP contribution in [0.15, 0.2) is 59.0 Å². The highest BCUT2D eigenvalue weighted by Crippen LogP contribution is 2.32. The molecule has 0 atom stereocenters. The Morgan fingerprint density at radius 3 is 2.89 bits per heavy atom. The maximum Gasteiger partial charge on any atom is 0.117 e. The van der Waals surface area contributed by atoms with Gasteiger partial charge in [-0.25, -0.2) is 9.97 Å². The Hall–Kier alpha value is -1.98. The quantitative estimate of drug-likeness (QED) is 0.740. The van der Waals surface area contributed by atoms with Crippen LogP contribution in [0.2, 0.25) is 0 Å². The van der Waals surface area contributed by atoms with E-state index in [2.05, 4.69) is 15.0 Å². The first-order chi connectivity index (χ1) is 9.38. The number of nitrogens with zero attached hydrogens (tertiary/aromatic N) is 3. The number of hydrogen-bond acceptors (Lipinski definition) is 5. The van der Waals surface area contributed by atoms with Gasteiger partial charge in [0.1, 0.15) is 11.4 Å². The number of pyridine rings is 1. The van der Waals surface area contributed by atoms with Crippen molar-refractivity contribution in [2.75, 3.05) is 0 Å². The van der Waals surface area contributed by atoms with Crippen molar-refractivity contribution in [3.63, 3.8) is 0 Å². The van der Waals surface area contributed by atoms with Crippen molar-refractivity contribution in [3.05, 3.63) is 54.6 Å². The molecule has 0 aliphatic rings. The molecule has 2 heterocycles. The van der Waals surface area contributed by atoms with E-state index in [1.54, 1.807) is 24.3 Å². The minimum absolute atomic E-state index is 0.494. The molecule has 0 fully saturated rings. The number of fused-ring (bicyclic) bond motifs is 1. The van der Waals surface area contributed by atoms with E-state index in [0.29, 0.717) is 6.54 Å². The van der Waals surface area contributed by atoms with E-state index in [0.717, 1.165) is 26.4 Å². The lowest BCUT2D eigenvalue weighted by atomic mass is 10.2. The van der Waals surface area contributed by atoms with Gasteiger partial charge in [0.15, 0.2) is 0 Å². The highest BCUT2D eigenvalue weighted by molar-refractivity contribution is 7.99. The van der Waals surface area contributed by atoms with Gasteiger partial charge in [0.2, 0.25) is 0 Å². The molecular weight excluding hydrogens is 256 g/mol. The number of hydrogen-bond donors (Lipinski definition) is 1. The second-order valence-corrected chi connectivity index (χ2v) is 5.02. The fourth-order valence-electron chi connectivity index (χ4n) is 1.83. The average molecular weight is 268 g/mol. The van der Waals surface area contributed by atoms with Crippen LogP contribution in [0.1, 0.15) is 5.56 Å². The van der Waals surface area contributed by atoms with Crippen molar-refractivity contribution in [2.45, 2.75) is 16.5 Å². The molecule has 19 heavy (non-hydrogen) atoms. The van der Waals surface area contributed by atoms with E-state index in [4.69, 9.17) is 5.73 Å². The van der Waals surface area contributed by atoms with Crippen LogP contribution in [0.25, 0.3) is 10.9 Å². The zero-order valence-corrected chi connectivity index (χ0v) is 11.0. The third-order valence-electron chi connectivity index (χ3n) is 2.80. The molecule has 94 valence electrons. The predicted octanol–water partition coefficient (Wildman–Crippen LogP) is 2.63. The Kier molecular flexibility index (Phi) is 3.39. The minimum Gasteiger partial charge on any atom is -0.326 e. The van der Waals surface area contributed by atoms with E-state index in [1.165, 1.54) is 0 Å². The molecule has 0 unspecified atom stereocenters. The van der Waals surface area contributed by atoms with Gasteiger partial charge in [-0.15, -0.1) is 0 Å². The number of benzene rings is 1. The monoisotopic (exact) mass is 268 g/mol. The van der Waals surface area contributed by atoms with Crippen molar-refractivity contribution in [3.8, 4) is 0 Å². The Morgan fingerprint density at radius 1 is 1.11 bits per heavy atom. The van der Waals surface area contributed by atoms with Crippen LogP contribution in [0.3, 0.4) is 0 Å². The predicted molar refractivity (Wildman–Crippen MR) is 75.8 cm³/mol. The fourth-order valence-corrected chi connectivity index (χ4v) is 2.82. The van der Waals surface area contributed by atoms with E-state index >= 15 is 0 Å². The molecule has 0 bridgehead atoms. The van der Waals surface area contributed by atoms with Crippen molar-refractivity contribution in [1.82, 2.24) is 15.0 Å².